The highest BCUT2D eigenvalue weighted by Gasteiger charge is 2.16. The first kappa shape index (κ1) is 18.2. The summed E-state index contributed by atoms with van der Waals surface area (Å²) >= 11 is 1.39. The lowest BCUT2D eigenvalue weighted by Crippen LogP contribution is -2.11. The molecule has 2 aromatic heterocycles. The maximum atomic E-state index is 12.5. The summed E-state index contributed by atoms with van der Waals surface area (Å²) in [5, 5.41) is 7.20. The number of hydrogen-bond acceptors (Lipinski definition) is 6. The Morgan fingerprint density at radius 1 is 1.14 bits per heavy atom. The first-order valence-electron chi connectivity index (χ1n) is 8.92. The van der Waals surface area contributed by atoms with Crippen LogP contribution >= 0.6 is 11.3 Å². The molecule has 2 heterocycles. The number of thiazole rings is 1. The average molecular weight is 393 g/mol. The summed E-state index contributed by atoms with van der Waals surface area (Å²) in [7, 11) is 0. The maximum Gasteiger partial charge on any atom is 0.279 e. The van der Waals surface area contributed by atoms with Crippen molar-refractivity contribution in [3.63, 3.8) is 0 Å². The highest BCUT2D eigenvalue weighted by atomic mass is 32.1. The molecule has 4 aromatic rings. The van der Waals surface area contributed by atoms with E-state index in [1.807, 2.05) is 57.2 Å². The Morgan fingerprint density at radius 2 is 2.00 bits per heavy atom. The van der Waals surface area contributed by atoms with Crippen LogP contribution in [0.4, 0.5) is 5.13 Å². The van der Waals surface area contributed by atoms with Crippen molar-refractivity contribution >= 4 is 32.6 Å². The third kappa shape index (κ3) is 3.61. The molecule has 6 nitrogen and oxygen atoms in total. The van der Waals surface area contributed by atoms with Crippen LogP contribution in [0, 0.1) is 13.8 Å². The minimum absolute atomic E-state index is 0.211. The number of rotatable bonds is 5. The molecule has 142 valence electrons. The summed E-state index contributed by atoms with van der Waals surface area (Å²) in [5.41, 5.74) is 4.26. The average Bonchev–Trinajstić information content (AvgIpc) is 3.30. The Morgan fingerprint density at radius 3 is 2.79 bits per heavy atom. The zero-order chi connectivity index (χ0) is 19.7. The number of anilines is 1. The van der Waals surface area contributed by atoms with Crippen LogP contribution in [0.2, 0.25) is 0 Å². The zero-order valence-corrected chi connectivity index (χ0v) is 16.6. The standard InChI is InChI=1S/C21H19N3O3S/c1-4-26-15-7-8-16-19(10-15)28-21(22-16)23-20(25)17-11-18(27-24-17)14-6-5-12(2)13(3)9-14/h5-11H,4H2,1-3H3,(H,22,23,25). The van der Waals surface area contributed by atoms with Gasteiger partial charge in [0.25, 0.3) is 5.91 Å². The van der Waals surface area contributed by atoms with Crippen molar-refractivity contribution in [2.75, 3.05) is 11.9 Å². The number of aryl methyl sites for hydroxylation is 2. The van der Waals surface area contributed by atoms with Crippen molar-refractivity contribution in [3.8, 4) is 17.1 Å². The SMILES string of the molecule is CCOc1ccc2nc(NC(=O)c3cc(-c4ccc(C)c(C)c4)on3)sc2c1. The van der Waals surface area contributed by atoms with Crippen LogP contribution in [0.5, 0.6) is 5.75 Å². The molecule has 0 spiro atoms. The molecule has 0 aliphatic heterocycles. The van der Waals surface area contributed by atoms with Gasteiger partial charge in [-0.1, -0.05) is 28.6 Å². The number of nitrogens with zero attached hydrogens (tertiary/aromatic N) is 2. The number of aromatic nitrogens is 2. The molecule has 0 radical (unpaired) electrons. The second-order valence-electron chi connectivity index (χ2n) is 6.41. The van der Waals surface area contributed by atoms with Crippen molar-refractivity contribution in [2.24, 2.45) is 0 Å². The fourth-order valence-electron chi connectivity index (χ4n) is 2.79. The lowest BCUT2D eigenvalue weighted by molar-refractivity contribution is 0.101. The van der Waals surface area contributed by atoms with E-state index in [1.165, 1.54) is 16.9 Å². The molecule has 0 aliphatic carbocycles. The normalized spacial score (nSPS) is 11.0. The summed E-state index contributed by atoms with van der Waals surface area (Å²) in [6.07, 6.45) is 0. The number of carbonyl (C=O) groups is 1. The molecule has 1 N–H and O–H groups in total. The molecule has 1 amide bonds. The maximum absolute atomic E-state index is 12.5. The van der Waals surface area contributed by atoms with E-state index < -0.39 is 0 Å². The summed E-state index contributed by atoms with van der Waals surface area (Å²) in [4.78, 5) is 17.0. The van der Waals surface area contributed by atoms with E-state index in [1.54, 1.807) is 6.07 Å². The highest BCUT2D eigenvalue weighted by molar-refractivity contribution is 7.22. The first-order chi connectivity index (χ1) is 13.5. The first-order valence-corrected chi connectivity index (χ1v) is 9.74. The highest BCUT2D eigenvalue weighted by Crippen LogP contribution is 2.30. The molecule has 0 saturated carbocycles. The Hall–Kier alpha value is -3.19. The van der Waals surface area contributed by atoms with Gasteiger partial charge in [-0.25, -0.2) is 4.98 Å². The molecular formula is C21H19N3O3S. The number of nitrogens with one attached hydrogen (secondary N) is 1. The molecule has 0 unspecified atom stereocenters. The van der Waals surface area contributed by atoms with Gasteiger partial charge in [0, 0.05) is 11.6 Å². The summed E-state index contributed by atoms with van der Waals surface area (Å²) in [5.74, 6) is 0.980. The topological polar surface area (TPSA) is 77.2 Å². The van der Waals surface area contributed by atoms with Gasteiger partial charge in [-0.05, 0) is 56.2 Å². The number of hydrogen-bond donors (Lipinski definition) is 1. The van der Waals surface area contributed by atoms with Crippen molar-refractivity contribution in [1.29, 1.82) is 0 Å². The predicted molar refractivity (Wildman–Crippen MR) is 110 cm³/mol. The Balaban J connectivity index is 1.53. The van der Waals surface area contributed by atoms with Gasteiger partial charge in [-0.2, -0.15) is 0 Å². The van der Waals surface area contributed by atoms with E-state index in [9.17, 15) is 4.79 Å². The molecule has 0 aliphatic rings. The predicted octanol–water partition coefficient (Wildman–Crippen LogP) is 5.22. The van der Waals surface area contributed by atoms with Gasteiger partial charge >= 0.3 is 0 Å². The number of carbonyl (C=O) groups excluding carboxylic acids is 1. The summed E-state index contributed by atoms with van der Waals surface area (Å²) in [6.45, 7) is 6.62. The van der Waals surface area contributed by atoms with E-state index in [-0.39, 0.29) is 11.6 Å². The minimum atomic E-state index is -0.358. The van der Waals surface area contributed by atoms with Gasteiger partial charge in [-0.3, -0.25) is 10.1 Å². The van der Waals surface area contributed by atoms with Gasteiger partial charge in [0.2, 0.25) is 0 Å². The monoisotopic (exact) mass is 393 g/mol. The molecule has 0 atom stereocenters. The number of ether oxygens (including phenoxy) is 1. The number of amides is 1. The molecule has 0 fully saturated rings. The van der Waals surface area contributed by atoms with E-state index >= 15 is 0 Å². The Bertz CT molecular complexity index is 1160. The van der Waals surface area contributed by atoms with E-state index in [4.69, 9.17) is 9.26 Å². The van der Waals surface area contributed by atoms with Crippen molar-refractivity contribution in [1.82, 2.24) is 10.1 Å². The largest absolute Gasteiger partial charge is 0.494 e. The molecule has 0 saturated heterocycles. The lowest BCUT2D eigenvalue weighted by Gasteiger charge is -2.01. The second kappa shape index (κ2) is 7.44. The van der Waals surface area contributed by atoms with E-state index in [0.717, 1.165) is 27.1 Å². The van der Waals surface area contributed by atoms with Gasteiger partial charge in [0.15, 0.2) is 16.6 Å². The minimum Gasteiger partial charge on any atom is -0.494 e. The van der Waals surface area contributed by atoms with Crippen LogP contribution in [-0.4, -0.2) is 22.7 Å². The summed E-state index contributed by atoms with van der Waals surface area (Å²) < 4.78 is 11.8. The third-order valence-corrected chi connectivity index (χ3v) is 5.36. The molecule has 2 aromatic carbocycles. The second-order valence-corrected chi connectivity index (χ2v) is 7.44. The van der Waals surface area contributed by atoms with Crippen LogP contribution in [0.15, 0.2) is 47.0 Å². The summed E-state index contributed by atoms with van der Waals surface area (Å²) in [6, 6.07) is 13.3. The van der Waals surface area contributed by atoms with Crippen molar-refractivity contribution in [2.45, 2.75) is 20.8 Å². The van der Waals surface area contributed by atoms with Crippen LogP contribution < -0.4 is 10.1 Å². The Kier molecular flexibility index (Phi) is 4.83. The fourth-order valence-corrected chi connectivity index (χ4v) is 3.68. The zero-order valence-electron chi connectivity index (χ0n) is 15.8. The van der Waals surface area contributed by atoms with Crippen molar-refractivity contribution in [3.05, 3.63) is 59.3 Å². The third-order valence-electron chi connectivity index (χ3n) is 4.43. The van der Waals surface area contributed by atoms with E-state index in [0.29, 0.717) is 17.5 Å². The van der Waals surface area contributed by atoms with Crippen LogP contribution in [0.3, 0.4) is 0 Å². The van der Waals surface area contributed by atoms with Gasteiger partial charge in [0.1, 0.15) is 5.75 Å². The molecular weight excluding hydrogens is 374 g/mol. The van der Waals surface area contributed by atoms with Crippen molar-refractivity contribution < 1.29 is 14.1 Å². The van der Waals surface area contributed by atoms with Crippen LogP contribution in [0.25, 0.3) is 21.5 Å². The Labute approximate surface area is 166 Å². The van der Waals surface area contributed by atoms with Gasteiger partial charge < -0.3 is 9.26 Å². The quantitative estimate of drug-likeness (QED) is 0.503. The molecule has 0 bridgehead atoms. The number of benzene rings is 2. The van der Waals surface area contributed by atoms with Crippen LogP contribution in [0.1, 0.15) is 28.5 Å². The molecule has 28 heavy (non-hydrogen) atoms. The van der Waals surface area contributed by atoms with Gasteiger partial charge in [0.05, 0.1) is 16.8 Å². The smallest absolute Gasteiger partial charge is 0.279 e. The van der Waals surface area contributed by atoms with E-state index in [2.05, 4.69) is 15.5 Å². The van der Waals surface area contributed by atoms with Crippen LogP contribution in [-0.2, 0) is 0 Å². The number of fused-ring (bicyclic) bond motifs is 1. The molecule has 4 rings (SSSR count). The van der Waals surface area contributed by atoms with Gasteiger partial charge in [-0.15, -0.1) is 0 Å². The fraction of sp³-hybridized carbons (Fsp3) is 0.190. The molecule has 7 heteroatoms. The lowest BCUT2D eigenvalue weighted by atomic mass is 10.0.